The van der Waals surface area contributed by atoms with Crippen LogP contribution < -0.4 is 20.4 Å². The fourth-order valence-corrected chi connectivity index (χ4v) is 1.44. The average Bonchev–Trinajstić information content (AvgIpc) is 2.36. The second-order valence-electron chi connectivity index (χ2n) is 4.36. The number of aliphatic hydroxyl groups is 2. The van der Waals surface area contributed by atoms with Gasteiger partial charge in [0, 0.05) is 39.3 Å². The first-order valence-corrected chi connectivity index (χ1v) is 6.58. The van der Waals surface area contributed by atoms with E-state index >= 15 is 0 Å². The molecule has 25 heavy (non-hydrogen) atoms. The van der Waals surface area contributed by atoms with E-state index in [1.165, 1.54) is 0 Å². The van der Waals surface area contributed by atoms with Crippen LogP contribution in [0.15, 0.2) is 0 Å². The molecule has 0 heterocycles. The second-order valence-corrected chi connectivity index (χ2v) is 4.36. The van der Waals surface area contributed by atoms with Crippen molar-refractivity contribution in [2.24, 2.45) is 0 Å². The van der Waals surface area contributed by atoms with Crippen LogP contribution in [0.2, 0.25) is 0 Å². The minimum Gasteiger partial charge on any atom is -0.549 e. The monoisotopic (exact) mass is 470 g/mol. The van der Waals surface area contributed by atoms with Crippen LogP contribution in [0.3, 0.4) is 0 Å². The van der Waals surface area contributed by atoms with E-state index in [-0.39, 0.29) is 50.2 Å². The molecule has 0 aliphatic carbocycles. The van der Waals surface area contributed by atoms with Gasteiger partial charge >= 0.3 is 23.9 Å². The number of rotatable bonds is 12. The molecule has 0 bridgehead atoms. The molecule has 0 aliphatic rings. The summed E-state index contributed by atoms with van der Waals surface area (Å²) in [6.07, 6.45) is 0. The van der Waals surface area contributed by atoms with Crippen molar-refractivity contribution in [3.8, 4) is 0 Å². The molecule has 2 N–H and O–H groups in total. The van der Waals surface area contributed by atoms with E-state index < -0.39 is 50.1 Å². The molecule has 140 valence electrons. The normalized spacial score (nSPS) is 9.76. The van der Waals surface area contributed by atoms with Crippen LogP contribution in [0.4, 0.5) is 0 Å². The summed E-state index contributed by atoms with van der Waals surface area (Å²) in [4.78, 5) is 42.1. The molecule has 0 fully saturated rings. The number of carbonyl (C=O) groups is 4. The minimum atomic E-state index is -1.38. The molecule has 0 aromatic heterocycles. The Kier molecular flexibility index (Phi) is 19.7. The molecule has 0 unspecified atom stereocenters. The van der Waals surface area contributed by atoms with Gasteiger partial charge in [-0.15, -0.1) is 0 Å². The second kappa shape index (κ2) is 17.3. The van der Waals surface area contributed by atoms with Gasteiger partial charge in [-0.2, -0.15) is 0 Å². The van der Waals surface area contributed by atoms with E-state index in [4.69, 9.17) is 10.2 Å². The van der Waals surface area contributed by atoms with Crippen molar-refractivity contribution >= 4 is 47.8 Å². The Morgan fingerprint density at radius 3 is 0.920 bits per heavy atom. The third kappa shape index (κ3) is 22.5. The SMILES string of the molecule is O=C([O-])CN(CCO)CC(=O)[O-].O=C([O-])CN(CCO)CC(=O)[O-].[Sn+4]. The number of aliphatic hydroxyl groups excluding tert-OH is 2. The van der Waals surface area contributed by atoms with Gasteiger partial charge in [0.15, 0.2) is 0 Å². The zero-order valence-electron chi connectivity index (χ0n) is 13.2. The van der Waals surface area contributed by atoms with E-state index in [0.29, 0.717) is 0 Å². The average molecular weight is 469 g/mol. The van der Waals surface area contributed by atoms with Gasteiger partial charge in [0.25, 0.3) is 0 Å². The molecule has 0 aliphatic heterocycles. The van der Waals surface area contributed by atoms with Crippen molar-refractivity contribution in [1.29, 1.82) is 0 Å². The molecular weight excluding hydrogens is 451 g/mol. The Balaban J connectivity index is -0.000000372. The number of carboxylic acid groups (broad SMARTS) is 4. The molecule has 0 aromatic rings. The summed E-state index contributed by atoms with van der Waals surface area (Å²) in [5.74, 6) is -5.54. The van der Waals surface area contributed by atoms with Crippen molar-refractivity contribution in [2.45, 2.75) is 0 Å². The topological polar surface area (TPSA) is 207 Å². The molecule has 0 aromatic carbocycles. The summed E-state index contributed by atoms with van der Waals surface area (Å²) in [6, 6.07) is 0. The largest absolute Gasteiger partial charge is 4.00 e. The van der Waals surface area contributed by atoms with E-state index in [0.717, 1.165) is 9.80 Å². The Bertz CT molecular complexity index is 351. The summed E-state index contributed by atoms with van der Waals surface area (Å²) in [7, 11) is 0. The number of carboxylic acids is 4. The van der Waals surface area contributed by atoms with Crippen LogP contribution >= 0.6 is 0 Å². The maximum atomic E-state index is 10.0. The molecule has 0 atom stereocenters. The third-order valence-electron chi connectivity index (χ3n) is 2.24. The van der Waals surface area contributed by atoms with Crippen LogP contribution in [0.1, 0.15) is 0 Å². The maximum absolute atomic E-state index is 10.0. The predicted molar refractivity (Wildman–Crippen MR) is 72.8 cm³/mol. The van der Waals surface area contributed by atoms with Gasteiger partial charge in [0.05, 0.1) is 37.1 Å². The third-order valence-corrected chi connectivity index (χ3v) is 2.24. The van der Waals surface area contributed by atoms with Gasteiger partial charge in [-0.1, -0.05) is 0 Å². The van der Waals surface area contributed by atoms with Crippen LogP contribution in [-0.2, 0) is 19.2 Å². The van der Waals surface area contributed by atoms with E-state index in [2.05, 4.69) is 0 Å². The van der Waals surface area contributed by atoms with Crippen molar-refractivity contribution < 1.29 is 49.8 Å². The Hall–Kier alpha value is -1.48. The Morgan fingerprint density at radius 2 is 0.800 bits per heavy atom. The summed E-state index contributed by atoms with van der Waals surface area (Å²) >= 11 is 0. The van der Waals surface area contributed by atoms with Crippen LogP contribution in [-0.4, -0.2) is 120 Å². The van der Waals surface area contributed by atoms with E-state index in [1.807, 2.05) is 0 Å². The van der Waals surface area contributed by atoms with Crippen molar-refractivity contribution in [1.82, 2.24) is 9.80 Å². The molecule has 0 rings (SSSR count). The maximum Gasteiger partial charge on any atom is 4.00 e. The summed E-state index contributed by atoms with van der Waals surface area (Å²) in [5.41, 5.74) is 0. The summed E-state index contributed by atoms with van der Waals surface area (Å²) in [6.45, 7) is -2.74. The van der Waals surface area contributed by atoms with Crippen LogP contribution in [0.5, 0.6) is 0 Å². The fourth-order valence-electron chi connectivity index (χ4n) is 1.44. The zero-order valence-corrected chi connectivity index (χ0v) is 16.1. The molecule has 0 amide bonds. The number of hydrogen-bond acceptors (Lipinski definition) is 12. The first kappa shape index (κ1) is 28.3. The number of nitrogens with zero attached hydrogens (tertiary/aromatic N) is 2. The van der Waals surface area contributed by atoms with Crippen molar-refractivity contribution in [3.05, 3.63) is 0 Å². The number of hydrogen-bond donors (Lipinski definition) is 2. The first-order chi connectivity index (χ1) is 11.1. The molecule has 13 heteroatoms. The van der Waals surface area contributed by atoms with Gasteiger partial charge < -0.3 is 49.8 Å². The number of carbonyl (C=O) groups excluding carboxylic acids is 4. The summed E-state index contributed by atoms with van der Waals surface area (Å²) < 4.78 is 0. The molecule has 12 nitrogen and oxygen atoms in total. The van der Waals surface area contributed by atoms with Crippen molar-refractivity contribution in [2.75, 3.05) is 52.5 Å². The fraction of sp³-hybridized carbons (Fsp3) is 0.667. The Labute approximate surface area is 160 Å². The summed E-state index contributed by atoms with van der Waals surface area (Å²) in [5, 5.41) is 56.9. The van der Waals surface area contributed by atoms with Gasteiger partial charge in [0.2, 0.25) is 0 Å². The molecule has 0 saturated carbocycles. The Morgan fingerprint density at radius 1 is 0.600 bits per heavy atom. The molecule has 0 radical (unpaired) electrons. The zero-order chi connectivity index (χ0) is 19.1. The number of aliphatic carboxylic acids is 4. The van der Waals surface area contributed by atoms with E-state index in [9.17, 15) is 39.6 Å². The molecule has 0 saturated heterocycles. The van der Waals surface area contributed by atoms with Gasteiger partial charge in [-0.25, -0.2) is 0 Å². The van der Waals surface area contributed by atoms with Gasteiger partial charge in [-0.3, -0.25) is 9.80 Å². The quantitative estimate of drug-likeness (QED) is 0.256. The standard InChI is InChI=1S/2C6H11NO5.Sn/c2*8-2-1-7(3-5(9)10)4-6(11)12;/h2*8H,1-4H2,(H,9,10)(H,11,12);/q;;+4/p-4. The van der Waals surface area contributed by atoms with E-state index in [1.54, 1.807) is 0 Å². The predicted octanol–water partition coefficient (Wildman–Crippen LogP) is -8.82. The van der Waals surface area contributed by atoms with Crippen LogP contribution in [0, 0.1) is 0 Å². The van der Waals surface area contributed by atoms with Gasteiger partial charge in [-0.05, 0) is 0 Å². The minimum absolute atomic E-state index is 0. The van der Waals surface area contributed by atoms with Crippen molar-refractivity contribution in [3.63, 3.8) is 0 Å². The first-order valence-electron chi connectivity index (χ1n) is 6.58. The van der Waals surface area contributed by atoms with Crippen LogP contribution in [0.25, 0.3) is 0 Å². The molecule has 0 spiro atoms. The van der Waals surface area contributed by atoms with Gasteiger partial charge in [0.1, 0.15) is 0 Å². The smallest absolute Gasteiger partial charge is 0.549 e. The molecular formula is C12H18N2O10Sn.